The highest BCUT2D eigenvalue weighted by atomic mass is 16.5. The molecule has 1 atom stereocenters. The van der Waals surface area contributed by atoms with E-state index in [0.717, 1.165) is 44.4 Å². The smallest absolute Gasteiger partial charge is 0.111 e. The average molecular weight is 355 g/mol. The summed E-state index contributed by atoms with van der Waals surface area (Å²) in [6, 6.07) is 0. The molecule has 2 rings (SSSR count). The molecule has 142 valence electrons. The van der Waals surface area contributed by atoms with Crippen molar-refractivity contribution in [2.45, 2.75) is 52.9 Å². The topological polar surface area (TPSA) is 47.3 Å². The van der Waals surface area contributed by atoms with Crippen LogP contribution in [0.5, 0.6) is 0 Å². The first kappa shape index (κ1) is 20.3. The second-order valence-electron chi connectivity index (χ2n) is 7.93. The summed E-state index contributed by atoms with van der Waals surface area (Å²) < 4.78 is 5.81. The van der Waals surface area contributed by atoms with Crippen LogP contribution in [0.15, 0.2) is 72.0 Å². The number of allylic oxidation sites excluding steroid dienone is 6. The number of unbranched alkanes of at least 4 members (excludes halogenated alkanes) is 1. The highest BCUT2D eigenvalue weighted by Gasteiger charge is 2.39. The summed E-state index contributed by atoms with van der Waals surface area (Å²) in [7, 11) is 0. The fourth-order valence-electron chi connectivity index (χ4n) is 4.18. The summed E-state index contributed by atoms with van der Waals surface area (Å²) in [4.78, 5) is 0. The van der Waals surface area contributed by atoms with Crippen LogP contribution in [0.1, 0.15) is 52.9 Å². The molecule has 0 fully saturated rings. The minimum atomic E-state index is 0.0308. The molecule has 1 heterocycles. The van der Waals surface area contributed by atoms with Crippen LogP contribution < -0.4 is 11.1 Å². The Labute approximate surface area is 159 Å². The molecule has 3 N–H and O–H groups in total. The van der Waals surface area contributed by atoms with Crippen molar-refractivity contribution in [3.05, 3.63) is 72.0 Å². The SMILES string of the molecule is C=CO/C(=C\C)C1C(C=C)=C(CCCCN)NC2=C1C(=C)CC(C)(C)C2. The van der Waals surface area contributed by atoms with Crippen molar-refractivity contribution in [2.24, 2.45) is 17.1 Å². The van der Waals surface area contributed by atoms with Crippen molar-refractivity contribution < 1.29 is 4.74 Å². The maximum absolute atomic E-state index is 5.81. The van der Waals surface area contributed by atoms with E-state index in [1.54, 1.807) is 0 Å². The molecule has 0 aromatic carbocycles. The van der Waals surface area contributed by atoms with E-state index in [9.17, 15) is 0 Å². The van der Waals surface area contributed by atoms with E-state index in [0.29, 0.717) is 0 Å². The molecule has 0 aromatic heterocycles. The molecule has 0 aromatic rings. The highest BCUT2D eigenvalue weighted by Crippen LogP contribution is 2.49. The third kappa shape index (κ3) is 4.21. The summed E-state index contributed by atoms with van der Waals surface area (Å²) in [5, 5.41) is 3.73. The van der Waals surface area contributed by atoms with Crippen molar-refractivity contribution in [1.29, 1.82) is 0 Å². The Balaban J connectivity index is 2.54. The molecule has 0 bridgehead atoms. The number of rotatable bonds is 8. The molecule has 1 aliphatic carbocycles. The van der Waals surface area contributed by atoms with Crippen LogP contribution in [-0.4, -0.2) is 6.54 Å². The first-order chi connectivity index (χ1) is 12.4. The van der Waals surface area contributed by atoms with Crippen molar-refractivity contribution >= 4 is 0 Å². The van der Waals surface area contributed by atoms with E-state index in [2.05, 4.69) is 38.9 Å². The molecule has 1 unspecified atom stereocenters. The Morgan fingerprint density at radius 1 is 1.31 bits per heavy atom. The van der Waals surface area contributed by atoms with Gasteiger partial charge in [0.25, 0.3) is 0 Å². The predicted molar refractivity (Wildman–Crippen MR) is 111 cm³/mol. The Bertz CT molecular complexity index is 676. The first-order valence-corrected chi connectivity index (χ1v) is 9.56. The van der Waals surface area contributed by atoms with Gasteiger partial charge in [-0.2, -0.15) is 0 Å². The van der Waals surface area contributed by atoms with E-state index in [1.807, 2.05) is 19.1 Å². The predicted octanol–water partition coefficient (Wildman–Crippen LogP) is 5.47. The number of hydrogen-bond acceptors (Lipinski definition) is 3. The van der Waals surface area contributed by atoms with Crippen LogP contribution in [0.2, 0.25) is 0 Å². The third-order valence-corrected chi connectivity index (χ3v) is 5.19. The summed E-state index contributed by atoms with van der Waals surface area (Å²) in [6.45, 7) is 19.6. The zero-order chi connectivity index (χ0) is 19.3. The van der Waals surface area contributed by atoms with Crippen LogP contribution in [0.3, 0.4) is 0 Å². The number of hydrogen-bond donors (Lipinski definition) is 2. The van der Waals surface area contributed by atoms with Gasteiger partial charge in [-0.25, -0.2) is 0 Å². The minimum Gasteiger partial charge on any atom is -0.469 e. The minimum absolute atomic E-state index is 0.0308. The van der Waals surface area contributed by atoms with Gasteiger partial charge in [0.1, 0.15) is 5.76 Å². The van der Waals surface area contributed by atoms with Gasteiger partial charge in [-0.1, -0.05) is 39.7 Å². The van der Waals surface area contributed by atoms with E-state index in [4.69, 9.17) is 10.5 Å². The van der Waals surface area contributed by atoms with Crippen LogP contribution >= 0.6 is 0 Å². The third-order valence-electron chi connectivity index (χ3n) is 5.19. The summed E-state index contributed by atoms with van der Waals surface area (Å²) in [5.41, 5.74) is 12.0. The lowest BCUT2D eigenvalue weighted by Gasteiger charge is -2.42. The Morgan fingerprint density at radius 2 is 2.04 bits per heavy atom. The van der Waals surface area contributed by atoms with Crippen LogP contribution in [0.25, 0.3) is 0 Å². The summed E-state index contributed by atoms with van der Waals surface area (Å²) in [6.07, 6.45) is 10.5. The maximum Gasteiger partial charge on any atom is 0.111 e. The first-order valence-electron chi connectivity index (χ1n) is 9.56. The Hall–Kier alpha value is -2.00. The fraction of sp³-hybridized carbons (Fsp3) is 0.478. The second-order valence-corrected chi connectivity index (χ2v) is 7.93. The molecule has 0 saturated carbocycles. The number of ether oxygens (including phenoxy) is 1. The van der Waals surface area contributed by atoms with Crippen LogP contribution in [0, 0.1) is 11.3 Å². The van der Waals surface area contributed by atoms with Crippen molar-refractivity contribution in [3.8, 4) is 0 Å². The molecule has 3 heteroatoms. The lowest BCUT2D eigenvalue weighted by atomic mass is 9.68. The van der Waals surface area contributed by atoms with Gasteiger partial charge < -0.3 is 15.8 Å². The van der Waals surface area contributed by atoms with Gasteiger partial charge in [0.05, 0.1) is 12.2 Å². The largest absolute Gasteiger partial charge is 0.469 e. The number of nitrogens with one attached hydrogen (secondary N) is 1. The van der Waals surface area contributed by atoms with Crippen molar-refractivity contribution in [1.82, 2.24) is 5.32 Å². The van der Waals surface area contributed by atoms with Gasteiger partial charge in [0, 0.05) is 11.4 Å². The maximum atomic E-state index is 5.81. The molecular formula is C23H34N2O. The van der Waals surface area contributed by atoms with Crippen molar-refractivity contribution in [3.63, 3.8) is 0 Å². The van der Waals surface area contributed by atoms with Gasteiger partial charge in [0.2, 0.25) is 0 Å². The quantitative estimate of drug-likeness (QED) is 0.449. The monoisotopic (exact) mass is 354 g/mol. The van der Waals surface area contributed by atoms with E-state index in [1.165, 1.54) is 34.4 Å². The molecule has 0 saturated heterocycles. The molecular weight excluding hydrogens is 320 g/mol. The van der Waals surface area contributed by atoms with Crippen molar-refractivity contribution in [2.75, 3.05) is 6.54 Å². The summed E-state index contributed by atoms with van der Waals surface area (Å²) >= 11 is 0. The molecule has 0 radical (unpaired) electrons. The highest BCUT2D eigenvalue weighted by molar-refractivity contribution is 5.54. The lowest BCUT2D eigenvalue weighted by molar-refractivity contribution is 0.298. The number of nitrogens with two attached hydrogens (primary N) is 1. The number of dihydropyridines is 1. The normalized spacial score (nSPS) is 22.7. The Kier molecular flexibility index (Phi) is 6.71. The zero-order valence-electron chi connectivity index (χ0n) is 16.7. The standard InChI is InChI=1S/C23H34N2O/c1-7-17-18(12-10-11-13-24)25-19-15-23(5,6)14-16(4)21(19)22(17)20(8-2)26-9-3/h7-9,22,25H,1,3-4,10-15,24H2,2,5-6H3/b20-8-. The fourth-order valence-corrected chi connectivity index (χ4v) is 4.18. The molecule has 2 aliphatic rings. The average Bonchev–Trinajstić information content (AvgIpc) is 2.57. The van der Waals surface area contributed by atoms with E-state index >= 15 is 0 Å². The van der Waals surface area contributed by atoms with Gasteiger partial charge in [-0.15, -0.1) is 0 Å². The van der Waals surface area contributed by atoms with Crippen LogP contribution in [0.4, 0.5) is 0 Å². The molecule has 1 aliphatic heterocycles. The molecule has 3 nitrogen and oxygen atoms in total. The second kappa shape index (κ2) is 8.59. The van der Waals surface area contributed by atoms with Gasteiger partial charge >= 0.3 is 0 Å². The molecule has 0 spiro atoms. The molecule has 26 heavy (non-hydrogen) atoms. The Morgan fingerprint density at radius 3 is 2.62 bits per heavy atom. The summed E-state index contributed by atoms with van der Waals surface area (Å²) in [5.74, 6) is 0.921. The van der Waals surface area contributed by atoms with E-state index in [-0.39, 0.29) is 11.3 Å². The zero-order valence-corrected chi connectivity index (χ0v) is 16.7. The van der Waals surface area contributed by atoms with E-state index < -0.39 is 0 Å². The van der Waals surface area contributed by atoms with Gasteiger partial charge in [-0.05, 0) is 73.8 Å². The van der Waals surface area contributed by atoms with Gasteiger partial charge in [0.15, 0.2) is 0 Å². The van der Waals surface area contributed by atoms with Gasteiger partial charge in [-0.3, -0.25) is 0 Å². The lowest BCUT2D eigenvalue weighted by Crippen LogP contribution is -2.35. The van der Waals surface area contributed by atoms with Crippen LogP contribution in [-0.2, 0) is 4.74 Å². The molecule has 0 amide bonds.